The molecule has 132 valence electrons. The molecule has 0 aromatic heterocycles. The standard InChI is InChI=1S/C18H23ClO5/c1-17(2,3)23-15(20)11-14(16(21)24-18(4,5)6)22-13-9-7-12(19)8-10-13/h7-11H,1-6H3. The molecule has 0 N–H and O–H groups in total. The number of carbonyl (C=O) groups is 2. The Morgan fingerprint density at radius 1 is 0.917 bits per heavy atom. The lowest BCUT2D eigenvalue weighted by atomic mass is 10.2. The maximum atomic E-state index is 12.3. The van der Waals surface area contributed by atoms with Crippen LogP contribution in [0.5, 0.6) is 5.75 Å². The molecule has 1 rings (SSSR count). The van der Waals surface area contributed by atoms with Gasteiger partial charge in [0.25, 0.3) is 0 Å². The SMILES string of the molecule is CC(C)(C)OC(=O)C=C(Oc1ccc(Cl)cc1)C(=O)OC(C)(C)C. The zero-order chi connectivity index (χ0) is 18.5. The number of benzene rings is 1. The van der Waals surface area contributed by atoms with Crippen LogP contribution < -0.4 is 4.74 Å². The molecule has 24 heavy (non-hydrogen) atoms. The largest absolute Gasteiger partial charge is 0.457 e. The van der Waals surface area contributed by atoms with E-state index in [0.717, 1.165) is 6.08 Å². The van der Waals surface area contributed by atoms with E-state index in [1.807, 2.05) is 0 Å². The van der Waals surface area contributed by atoms with Gasteiger partial charge in [-0.15, -0.1) is 0 Å². The molecule has 1 aromatic rings. The summed E-state index contributed by atoms with van der Waals surface area (Å²) in [5.74, 6) is -1.37. The fourth-order valence-corrected chi connectivity index (χ4v) is 1.65. The van der Waals surface area contributed by atoms with E-state index in [4.69, 9.17) is 25.8 Å². The molecule has 6 heteroatoms. The third kappa shape index (κ3) is 8.02. The molecule has 0 radical (unpaired) electrons. The summed E-state index contributed by atoms with van der Waals surface area (Å²) in [6, 6.07) is 6.37. The maximum Gasteiger partial charge on any atom is 0.375 e. The molecule has 0 fully saturated rings. The molecular weight excluding hydrogens is 332 g/mol. The van der Waals surface area contributed by atoms with Gasteiger partial charge in [0.1, 0.15) is 17.0 Å². The molecule has 5 nitrogen and oxygen atoms in total. The van der Waals surface area contributed by atoms with Crippen LogP contribution in [0.15, 0.2) is 36.1 Å². The first-order valence-corrected chi connectivity index (χ1v) is 7.85. The van der Waals surface area contributed by atoms with Gasteiger partial charge in [0.2, 0.25) is 5.76 Å². The molecule has 0 amide bonds. The summed E-state index contributed by atoms with van der Waals surface area (Å²) >= 11 is 5.82. The lowest BCUT2D eigenvalue weighted by Crippen LogP contribution is -2.28. The van der Waals surface area contributed by atoms with Gasteiger partial charge in [-0.05, 0) is 65.8 Å². The number of halogens is 1. The smallest absolute Gasteiger partial charge is 0.375 e. The molecule has 0 aliphatic heterocycles. The Kier molecular flexibility index (Phi) is 6.43. The van der Waals surface area contributed by atoms with Crippen LogP contribution in [0.1, 0.15) is 41.5 Å². The highest BCUT2D eigenvalue weighted by atomic mass is 35.5. The van der Waals surface area contributed by atoms with E-state index in [1.165, 1.54) is 0 Å². The van der Waals surface area contributed by atoms with Gasteiger partial charge in [-0.2, -0.15) is 0 Å². The molecule has 0 aliphatic carbocycles. The molecule has 0 saturated heterocycles. The Hall–Kier alpha value is -2.01. The highest BCUT2D eigenvalue weighted by molar-refractivity contribution is 6.30. The van der Waals surface area contributed by atoms with Crippen LogP contribution in [0, 0.1) is 0 Å². The molecule has 0 spiro atoms. The van der Waals surface area contributed by atoms with E-state index in [0.29, 0.717) is 10.8 Å². The van der Waals surface area contributed by atoms with Gasteiger partial charge in [0.05, 0.1) is 6.08 Å². The second-order valence-electron chi connectivity index (χ2n) is 7.10. The van der Waals surface area contributed by atoms with E-state index >= 15 is 0 Å². The predicted octanol–water partition coefficient (Wildman–Crippen LogP) is 4.29. The Morgan fingerprint density at radius 3 is 1.88 bits per heavy atom. The minimum atomic E-state index is -0.761. The van der Waals surface area contributed by atoms with Gasteiger partial charge in [-0.25, -0.2) is 9.59 Å². The summed E-state index contributed by atoms with van der Waals surface area (Å²) in [4.78, 5) is 24.3. The van der Waals surface area contributed by atoms with Gasteiger partial charge >= 0.3 is 11.9 Å². The van der Waals surface area contributed by atoms with E-state index in [9.17, 15) is 9.59 Å². The first-order chi connectivity index (χ1) is 10.9. The van der Waals surface area contributed by atoms with Crippen molar-refractivity contribution in [2.75, 3.05) is 0 Å². The fraction of sp³-hybridized carbons (Fsp3) is 0.444. The van der Waals surface area contributed by atoms with Crippen molar-refractivity contribution in [3.63, 3.8) is 0 Å². The summed E-state index contributed by atoms with van der Waals surface area (Å²) in [7, 11) is 0. The number of rotatable bonds is 4. The van der Waals surface area contributed by atoms with Crippen LogP contribution in [0.2, 0.25) is 5.02 Å². The van der Waals surface area contributed by atoms with Crippen molar-refractivity contribution in [2.24, 2.45) is 0 Å². The Labute approximate surface area is 147 Å². The second kappa shape index (κ2) is 7.71. The number of hydrogen-bond donors (Lipinski definition) is 0. The molecule has 0 aliphatic rings. The molecule has 1 aromatic carbocycles. The normalized spacial score (nSPS) is 12.5. The number of ether oxygens (including phenoxy) is 3. The summed E-state index contributed by atoms with van der Waals surface area (Å²) < 4.78 is 15.9. The molecular formula is C18H23ClO5. The van der Waals surface area contributed by atoms with Gasteiger partial charge in [-0.3, -0.25) is 0 Å². The summed E-state index contributed by atoms with van der Waals surface area (Å²) in [5.41, 5.74) is -1.42. The van der Waals surface area contributed by atoms with Gasteiger partial charge in [-0.1, -0.05) is 11.6 Å². The highest BCUT2D eigenvalue weighted by Crippen LogP contribution is 2.20. The molecule has 0 unspecified atom stereocenters. The van der Waals surface area contributed by atoms with Gasteiger partial charge in [0.15, 0.2) is 0 Å². The van der Waals surface area contributed by atoms with Crippen molar-refractivity contribution in [3.8, 4) is 5.75 Å². The quantitative estimate of drug-likeness (QED) is 0.458. The van der Waals surface area contributed by atoms with E-state index in [1.54, 1.807) is 65.8 Å². The lowest BCUT2D eigenvalue weighted by molar-refractivity contribution is -0.154. The van der Waals surface area contributed by atoms with Crippen molar-refractivity contribution >= 4 is 23.5 Å². The summed E-state index contributed by atoms with van der Waals surface area (Å²) in [6.45, 7) is 10.3. The topological polar surface area (TPSA) is 61.8 Å². The highest BCUT2D eigenvalue weighted by Gasteiger charge is 2.24. The summed E-state index contributed by atoms with van der Waals surface area (Å²) in [5, 5.41) is 0.525. The Bertz CT molecular complexity index is 618. The maximum absolute atomic E-state index is 12.3. The van der Waals surface area contributed by atoms with Gasteiger partial charge < -0.3 is 14.2 Å². The monoisotopic (exact) mass is 354 g/mol. The first-order valence-electron chi connectivity index (χ1n) is 7.47. The van der Waals surface area contributed by atoms with Crippen molar-refractivity contribution in [3.05, 3.63) is 41.1 Å². The zero-order valence-corrected chi connectivity index (χ0v) is 15.6. The van der Waals surface area contributed by atoms with Crippen LogP contribution in [0.25, 0.3) is 0 Å². The molecule has 0 bridgehead atoms. The van der Waals surface area contributed by atoms with Crippen LogP contribution in [0.3, 0.4) is 0 Å². The number of esters is 2. The number of hydrogen-bond acceptors (Lipinski definition) is 5. The fourth-order valence-electron chi connectivity index (χ4n) is 1.53. The van der Waals surface area contributed by atoms with Gasteiger partial charge in [0, 0.05) is 5.02 Å². The third-order valence-electron chi connectivity index (χ3n) is 2.30. The van der Waals surface area contributed by atoms with Crippen molar-refractivity contribution in [1.82, 2.24) is 0 Å². The minimum Gasteiger partial charge on any atom is -0.457 e. The average molecular weight is 355 g/mol. The Morgan fingerprint density at radius 2 is 1.42 bits per heavy atom. The molecule has 0 heterocycles. The van der Waals surface area contributed by atoms with Crippen molar-refractivity contribution in [2.45, 2.75) is 52.7 Å². The van der Waals surface area contributed by atoms with Crippen molar-refractivity contribution in [1.29, 1.82) is 0 Å². The van der Waals surface area contributed by atoms with Crippen LogP contribution >= 0.6 is 11.6 Å². The first kappa shape index (κ1) is 20.0. The predicted molar refractivity (Wildman–Crippen MR) is 91.9 cm³/mol. The zero-order valence-electron chi connectivity index (χ0n) is 14.8. The minimum absolute atomic E-state index is 0.263. The van der Waals surface area contributed by atoms with E-state index in [2.05, 4.69) is 0 Å². The van der Waals surface area contributed by atoms with E-state index < -0.39 is 23.1 Å². The third-order valence-corrected chi connectivity index (χ3v) is 2.55. The van der Waals surface area contributed by atoms with E-state index in [-0.39, 0.29) is 5.76 Å². The average Bonchev–Trinajstić information content (AvgIpc) is 2.36. The molecule has 0 saturated carbocycles. The van der Waals surface area contributed by atoms with Crippen molar-refractivity contribution < 1.29 is 23.8 Å². The Balaban J connectivity index is 3.04. The lowest BCUT2D eigenvalue weighted by Gasteiger charge is -2.21. The second-order valence-corrected chi connectivity index (χ2v) is 7.54. The number of carbonyl (C=O) groups excluding carboxylic acids is 2. The van der Waals surface area contributed by atoms with Crippen LogP contribution in [-0.2, 0) is 19.1 Å². The summed E-state index contributed by atoms with van der Waals surface area (Å²) in [6.07, 6.45) is 0.980. The van der Waals surface area contributed by atoms with Crippen LogP contribution in [0.4, 0.5) is 0 Å². The van der Waals surface area contributed by atoms with Crippen LogP contribution in [-0.4, -0.2) is 23.1 Å². The molecule has 0 atom stereocenters.